The zero-order valence-electron chi connectivity index (χ0n) is 23.6. The lowest BCUT2D eigenvalue weighted by atomic mass is 10.1. The molecule has 1 aliphatic carbocycles. The summed E-state index contributed by atoms with van der Waals surface area (Å²) in [6, 6.07) is 12.5. The van der Waals surface area contributed by atoms with Gasteiger partial charge in [0.25, 0.3) is 0 Å². The van der Waals surface area contributed by atoms with Gasteiger partial charge in [0, 0.05) is 37.3 Å². The van der Waals surface area contributed by atoms with Crippen LogP contribution in [0.2, 0.25) is 0 Å². The van der Waals surface area contributed by atoms with Gasteiger partial charge in [-0.05, 0) is 81.3 Å². The number of phenolic OH excluding ortho intramolecular Hbond substituents is 2. The summed E-state index contributed by atoms with van der Waals surface area (Å²) >= 11 is 0. The lowest BCUT2D eigenvalue weighted by Gasteiger charge is -2.23. The Labute approximate surface area is 228 Å². The van der Waals surface area contributed by atoms with Crippen molar-refractivity contribution in [1.82, 2.24) is 10.6 Å². The molecule has 0 saturated heterocycles. The molecule has 38 heavy (non-hydrogen) atoms. The SMILES string of the molecule is CC(C)(C)NCC(O)c1cc(O)cc(O)c1.CC(C)NCC(O)COc1ccc(CCOCC2CC2)cc1. The molecule has 1 aliphatic rings. The molecular formula is C30H48N2O6. The number of β-amino-alcohol motifs (C(OH)–C–C–N with tert-alkyl or cyclic N) is 1. The van der Waals surface area contributed by atoms with Crippen LogP contribution in [0.4, 0.5) is 0 Å². The maximum absolute atomic E-state index is 9.85. The zero-order chi connectivity index (χ0) is 28.1. The molecule has 2 aromatic carbocycles. The summed E-state index contributed by atoms with van der Waals surface area (Å²) in [6.07, 6.45) is 2.37. The highest BCUT2D eigenvalue weighted by atomic mass is 16.5. The molecule has 0 aromatic heterocycles. The summed E-state index contributed by atoms with van der Waals surface area (Å²) in [5.41, 5.74) is 1.67. The van der Waals surface area contributed by atoms with Crippen LogP contribution in [0.5, 0.6) is 17.2 Å². The molecule has 1 fully saturated rings. The van der Waals surface area contributed by atoms with E-state index in [9.17, 15) is 20.4 Å². The number of ether oxygens (including phenoxy) is 2. The number of rotatable bonds is 14. The predicted octanol–water partition coefficient (Wildman–Crippen LogP) is 3.91. The summed E-state index contributed by atoms with van der Waals surface area (Å²) in [6.45, 7) is 13.0. The summed E-state index contributed by atoms with van der Waals surface area (Å²) in [5.74, 6) is 1.52. The van der Waals surface area contributed by atoms with Crippen LogP contribution in [0, 0.1) is 5.92 Å². The topological polar surface area (TPSA) is 123 Å². The van der Waals surface area contributed by atoms with Crippen molar-refractivity contribution in [3.8, 4) is 17.2 Å². The van der Waals surface area contributed by atoms with Crippen molar-refractivity contribution in [3.05, 3.63) is 53.6 Å². The van der Waals surface area contributed by atoms with E-state index in [-0.39, 0.29) is 17.0 Å². The Balaban J connectivity index is 0.000000281. The van der Waals surface area contributed by atoms with Crippen molar-refractivity contribution in [2.75, 3.05) is 32.9 Å². The van der Waals surface area contributed by atoms with Crippen molar-refractivity contribution >= 4 is 0 Å². The maximum atomic E-state index is 9.85. The summed E-state index contributed by atoms with van der Waals surface area (Å²) < 4.78 is 11.2. The molecule has 1 saturated carbocycles. The number of hydrogen-bond acceptors (Lipinski definition) is 8. The summed E-state index contributed by atoms with van der Waals surface area (Å²) in [7, 11) is 0. The monoisotopic (exact) mass is 532 g/mol. The van der Waals surface area contributed by atoms with Crippen LogP contribution >= 0.6 is 0 Å². The fraction of sp³-hybridized carbons (Fsp3) is 0.600. The Morgan fingerprint density at radius 1 is 0.947 bits per heavy atom. The molecule has 2 atom stereocenters. The van der Waals surface area contributed by atoms with E-state index in [0.717, 1.165) is 31.3 Å². The first-order valence-corrected chi connectivity index (χ1v) is 13.6. The summed E-state index contributed by atoms with van der Waals surface area (Å²) in [4.78, 5) is 0. The maximum Gasteiger partial charge on any atom is 0.119 e. The van der Waals surface area contributed by atoms with Crippen molar-refractivity contribution in [2.45, 2.75) is 77.7 Å². The van der Waals surface area contributed by atoms with Gasteiger partial charge < -0.3 is 40.5 Å². The van der Waals surface area contributed by atoms with E-state index in [1.807, 2.05) is 32.9 Å². The molecule has 0 aliphatic heterocycles. The number of aliphatic hydroxyl groups is 2. The number of aliphatic hydroxyl groups excluding tert-OH is 2. The molecule has 214 valence electrons. The van der Waals surface area contributed by atoms with E-state index in [4.69, 9.17) is 9.47 Å². The van der Waals surface area contributed by atoms with Gasteiger partial charge in [0.2, 0.25) is 0 Å². The normalized spacial score (nSPS) is 15.1. The van der Waals surface area contributed by atoms with Crippen LogP contribution in [0.3, 0.4) is 0 Å². The van der Waals surface area contributed by atoms with Crippen molar-refractivity contribution in [1.29, 1.82) is 0 Å². The Bertz CT molecular complexity index is 905. The van der Waals surface area contributed by atoms with Gasteiger partial charge in [0.05, 0.1) is 12.7 Å². The number of nitrogens with one attached hydrogen (secondary N) is 2. The third-order valence-electron chi connectivity index (χ3n) is 5.85. The molecule has 2 aromatic rings. The molecule has 0 bridgehead atoms. The molecule has 0 spiro atoms. The van der Waals surface area contributed by atoms with E-state index < -0.39 is 12.2 Å². The number of aromatic hydroxyl groups is 2. The van der Waals surface area contributed by atoms with Gasteiger partial charge in [-0.2, -0.15) is 0 Å². The highest BCUT2D eigenvalue weighted by Crippen LogP contribution is 2.28. The van der Waals surface area contributed by atoms with Crippen LogP contribution in [0.25, 0.3) is 0 Å². The smallest absolute Gasteiger partial charge is 0.119 e. The molecule has 6 N–H and O–H groups in total. The fourth-order valence-corrected chi connectivity index (χ4v) is 3.43. The Morgan fingerprint density at radius 2 is 1.58 bits per heavy atom. The molecule has 8 heteroatoms. The minimum Gasteiger partial charge on any atom is -0.508 e. The number of phenols is 2. The third kappa shape index (κ3) is 14.5. The molecule has 2 unspecified atom stereocenters. The Kier molecular flexibility index (Phi) is 13.3. The third-order valence-corrected chi connectivity index (χ3v) is 5.85. The average Bonchev–Trinajstić information content (AvgIpc) is 3.67. The van der Waals surface area contributed by atoms with Gasteiger partial charge in [0.15, 0.2) is 0 Å². The minimum atomic E-state index is -0.753. The van der Waals surface area contributed by atoms with E-state index in [1.54, 1.807) is 0 Å². The number of benzene rings is 2. The van der Waals surface area contributed by atoms with Crippen molar-refractivity contribution < 1.29 is 29.9 Å². The highest BCUT2D eigenvalue weighted by molar-refractivity contribution is 5.37. The van der Waals surface area contributed by atoms with Gasteiger partial charge in [-0.15, -0.1) is 0 Å². The van der Waals surface area contributed by atoms with Gasteiger partial charge in [-0.1, -0.05) is 26.0 Å². The van der Waals surface area contributed by atoms with E-state index >= 15 is 0 Å². The van der Waals surface area contributed by atoms with E-state index in [0.29, 0.717) is 31.3 Å². The average molecular weight is 533 g/mol. The second-order valence-electron chi connectivity index (χ2n) is 11.4. The molecule has 3 rings (SSSR count). The molecular weight excluding hydrogens is 484 g/mol. The first kappa shape index (κ1) is 31.9. The molecule has 0 heterocycles. The minimum absolute atomic E-state index is 0.0511. The molecule has 0 radical (unpaired) electrons. The predicted molar refractivity (Wildman–Crippen MR) is 151 cm³/mol. The van der Waals surface area contributed by atoms with Gasteiger partial charge in [-0.25, -0.2) is 0 Å². The second-order valence-corrected chi connectivity index (χ2v) is 11.4. The van der Waals surface area contributed by atoms with E-state index in [2.05, 4.69) is 36.6 Å². The number of hydrogen-bond donors (Lipinski definition) is 6. The quantitative estimate of drug-likeness (QED) is 0.203. The molecule has 0 amide bonds. The van der Waals surface area contributed by atoms with Crippen LogP contribution in [-0.4, -0.2) is 71.0 Å². The lowest BCUT2D eigenvalue weighted by Crippen LogP contribution is -2.38. The van der Waals surface area contributed by atoms with Crippen LogP contribution < -0.4 is 15.4 Å². The van der Waals surface area contributed by atoms with Gasteiger partial charge in [0.1, 0.15) is 30.0 Å². The van der Waals surface area contributed by atoms with Crippen LogP contribution in [0.1, 0.15) is 64.7 Å². The first-order valence-electron chi connectivity index (χ1n) is 13.6. The van der Waals surface area contributed by atoms with Crippen LogP contribution in [-0.2, 0) is 11.2 Å². The lowest BCUT2D eigenvalue weighted by molar-refractivity contribution is 0.104. The van der Waals surface area contributed by atoms with Gasteiger partial charge >= 0.3 is 0 Å². The zero-order valence-corrected chi connectivity index (χ0v) is 23.6. The summed E-state index contributed by atoms with van der Waals surface area (Å²) in [5, 5.41) is 44.5. The Hall–Kier alpha value is -2.36. The standard InChI is InChI=1S/C18H29NO3.C12H19NO3/c1-14(2)19-11-17(20)13-22-18-7-5-15(6-8-18)9-10-21-12-16-3-4-16;1-12(2,3)13-7-11(16)8-4-9(14)6-10(15)5-8/h5-8,14,16-17,19-20H,3-4,9-13H2,1-2H3;4-6,11,13-16H,7H2,1-3H3. The van der Waals surface area contributed by atoms with Crippen molar-refractivity contribution in [3.63, 3.8) is 0 Å². The largest absolute Gasteiger partial charge is 0.508 e. The fourth-order valence-electron chi connectivity index (χ4n) is 3.43. The van der Waals surface area contributed by atoms with Crippen LogP contribution in [0.15, 0.2) is 42.5 Å². The second kappa shape index (κ2) is 15.9. The Morgan fingerprint density at radius 3 is 2.13 bits per heavy atom. The molecule has 8 nitrogen and oxygen atoms in total. The van der Waals surface area contributed by atoms with E-state index in [1.165, 1.54) is 36.6 Å². The van der Waals surface area contributed by atoms with Gasteiger partial charge in [-0.3, -0.25) is 0 Å². The van der Waals surface area contributed by atoms with Crippen molar-refractivity contribution in [2.24, 2.45) is 5.92 Å². The highest BCUT2D eigenvalue weighted by Gasteiger charge is 2.20. The first-order chi connectivity index (χ1) is 17.9.